The van der Waals surface area contributed by atoms with Gasteiger partial charge in [0.25, 0.3) is 0 Å². The molecule has 2 aromatic carbocycles. The summed E-state index contributed by atoms with van der Waals surface area (Å²) in [5.74, 6) is -0.565. The fourth-order valence-corrected chi connectivity index (χ4v) is 3.26. The average Bonchev–Trinajstić information content (AvgIpc) is 2.57. The van der Waals surface area contributed by atoms with Crippen LogP contribution in [0, 0.1) is 13.8 Å². The van der Waals surface area contributed by atoms with Gasteiger partial charge < -0.3 is 9.88 Å². The van der Waals surface area contributed by atoms with Crippen LogP contribution in [0.3, 0.4) is 0 Å². The van der Waals surface area contributed by atoms with Gasteiger partial charge in [-0.3, -0.25) is 9.59 Å². The average molecular weight is 409 g/mol. The van der Waals surface area contributed by atoms with Gasteiger partial charge in [-0.25, -0.2) is 0 Å². The molecule has 0 aliphatic carbocycles. The number of hydrogen-bond acceptors (Lipinski definition) is 2. The van der Waals surface area contributed by atoms with E-state index in [1.165, 1.54) is 12.3 Å². The van der Waals surface area contributed by atoms with E-state index in [1.807, 2.05) is 19.9 Å². The second-order valence-electron chi connectivity index (χ2n) is 6.52. The molecule has 0 saturated carbocycles. The van der Waals surface area contributed by atoms with Crippen LogP contribution in [0.15, 0.2) is 47.4 Å². The Bertz CT molecular complexity index is 1140. The molecule has 146 valence electrons. The van der Waals surface area contributed by atoms with Gasteiger partial charge in [0.15, 0.2) is 5.43 Å². The summed E-state index contributed by atoms with van der Waals surface area (Å²) in [4.78, 5) is 24.6. The molecular weight excluding hydrogens is 393 g/mol. The minimum Gasteiger partial charge on any atom is -0.338 e. The van der Waals surface area contributed by atoms with Crippen LogP contribution in [0.4, 0.5) is 18.9 Å². The number of carbonyl (C=O) groups is 1. The van der Waals surface area contributed by atoms with Gasteiger partial charge >= 0.3 is 6.18 Å². The minimum absolute atomic E-state index is 0.00203. The molecule has 8 heteroatoms. The van der Waals surface area contributed by atoms with Crippen molar-refractivity contribution < 1.29 is 18.0 Å². The maximum absolute atomic E-state index is 12.9. The van der Waals surface area contributed by atoms with Gasteiger partial charge in [0.05, 0.1) is 21.8 Å². The molecule has 0 aliphatic heterocycles. The quantitative estimate of drug-likeness (QED) is 0.668. The molecule has 0 atom stereocenters. The van der Waals surface area contributed by atoms with Gasteiger partial charge in [-0.15, -0.1) is 0 Å². The predicted molar refractivity (Wildman–Crippen MR) is 103 cm³/mol. The van der Waals surface area contributed by atoms with Crippen molar-refractivity contribution in [1.29, 1.82) is 0 Å². The zero-order valence-electron chi connectivity index (χ0n) is 15.0. The molecule has 0 fully saturated rings. The first-order chi connectivity index (χ1) is 13.1. The SMILES string of the molecule is Cc1cc(C)c2c(=O)ccn(CC(=O)Nc3cc(C(F)(F)F)ccc3Cl)c2c1. The zero-order chi connectivity index (χ0) is 20.6. The third kappa shape index (κ3) is 4.04. The molecule has 0 spiro atoms. The van der Waals surface area contributed by atoms with E-state index in [0.717, 1.165) is 29.3 Å². The van der Waals surface area contributed by atoms with Gasteiger partial charge in [-0.1, -0.05) is 17.7 Å². The van der Waals surface area contributed by atoms with Crippen LogP contribution in [-0.4, -0.2) is 10.5 Å². The summed E-state index contributed by atoms with van der Waals surface area (Å²) in [6.45, 7) is 3.49. The highest BCUT2D eigenvalue weighted by atomic mass is 35.5. The highest BCUT2D eigenvalue weighted by Crippen LogP contribution is 2.33. The first kappa shape index (κ1) is 19.9. The van der Waals surface area contributed by atoms with Crippen molar-refractivity contribution in [2.24, 2.45) is 0 Å². The van der Waals surface area contributed by atoms with E-state index in [-0.39, 0.29) is 22.7 Å². The highest BCUT2D eigenvalue weighted by Gasteiger charge is 2.31. The Morgan fingerprint density at radius 3 is 2.54 bits per heavy atom. The molecule has 1 N–H and O–H groups in total. The summed E-state index contributed by atoms with van der Waals surface area (Å²) >= 11 is 5.92. The molecule has 3 aromatic rings. The third-order valence-electron chi connectivity index (χ3n) is 4.30. The molecular formula is C20H16ClF3N2O2. The van der Waals surface area contributed by atoms with Crippen LogP contribution in [0.2, 0.25) is 5.02 Å². The second kappa shape index (κ2) is 7.31. The van der Waals surface area contributed by atoms with E-state index in [1.54, 1.807) is 10.6 Å². The van der Waals surface area contributed by atoms with Crippen molar-refractivity contribution in [2.45, 2.75) is 26.6 Å². The van der Waals surface area contributed by atoms with E-state index < -0.39 is 17.6 Å². The molecule has 0 aliphatic rings. The highest BCUT2D eigenvalue weighted by molar-refractivity contribution is 6.33. The lowest BCUT2D eigenvalue weighted by molar-refractivity contribution is -0.137. The summed E-state index contributed by atoms with van der Waals surface area (Å²) in [6.07, 6.45) is -3.06. The normalized spacial score (nSPS) is 11.6. The summed E-state index contributed by atoms with van der Waals surface area (Å²) in [5, 5.41) is 2.91. The van der Waals surface area contributed by atoms with Crippen LogP contribution < -0.4 is 10.7 Å². The number of halogens is 4. The lowest BCUT2D eigenvalue weighted by Gasteiger charge is -2.14. The molecule has 1 aromatic heterocycles. The van der Waals surface area contributed by atoms with Crippen LogP contribution >= 0.6 is 11.6 Å². The smallest absolute Gasteiger partial charge is 0.338 e. The summed E-state index contributed by atoms with van der Waals surface area (Å²) in [5.41, 5.74) is 1.09. The first-order valence-electron chi connectivity index (χ1n) is 8.33. The number of benzene rings is 2. The van der Waals surface area contributed by atoms with Crippen molar-refractivity contribution in [3.8, 4) is 0 Å². The Hall–Kier alpha value is -2.80. The number of anilines is 1. The predicted octanol–water partition coefficient (Wildman–Crippen LogP) is 4.93. The lowest BCUT2D eigenvalue weighted by atomic mass is 10.1. The summed E-state index contributed by atoms with van der Waals surface area (Å²) in [7, 11) is 0. The Morgan fingerprint density at radius 1 is 1.14 bits per heavy atom. The minimum atomic E-state index is -4.55. The number of hydrogen-bond donors (Lipinski definition) is 1. The number of aromatic nitrogens is 1. The molecule has 4 nitrogen and oxygen atoms in total. The number of rotatable bonds is 3. The third-order valence-corrected chi connectivity index (χ3v) is 4.63. The fourth-order valence-electron chi connectivity index (χ4n) is 3.09. The van der Waals surface area contributed by atoms with Crippen LogP contribution in [0.25, 0.3) is 10.9 Å². The topological polar surface area (TPSA) is 51.1 Å². The molecule has 0 bridgehead atoms. The molecule has 3 rings (SSSR count). The Balaban J connectivity index is 1.93. The molecule has 1 heterocycles. The number of pyridine rings is 1. The Morgan fingerprint density at radius 2 is 1.86 bits per heavy atom. The number of fused-ring (bicyclic) bond motifs is 1. The Labute approximate surface area is 163 Å². The van der Waals surface area contributed by atoms with Gasteiger partial charge in [0.2, 0.25) is 5.91 Å². The van der Waals surface area contributed by atoms with Gasteiger partial charge in [0.1, 0.15) is 6.54 Å². The van der Waals surface area contributed by atoms with Gasteiger partial charge in [0, 0.05) is 17.6 Å². The van der Waals surface area contributed by atoms with Crippen molar-refractivity contribution in [2.75, 3.05) is 5.32 Å². The van der Waals surface area contributed by atoms with E-state index in [2.05, 4.69) is 5.32 Å². The summed E-state index contributed by atoms with van der Waals surface area (Å²) in [6, 6.07) is 7.73. The van der Waals surface area contributed by atoms with Gasteiger partial charge in [-0.05, 0) is 49.2 Å². The van der Waals surface area contributed by atoms with Gasteiger partial charge in [-0.2, -0.15) is 13.2 Å². The van der Waals surface area contributed by atoms with Crippen LogP contribution in [0.1, 0.15) is 16.7 Å². The van der Waals surface area contributed by atoms with E-state index in [4.69, 9.17) is 11.6 Å². The maximum atomic E-state index is 12.9. The molecule has 0 unspecified atom stereocenters. The van der Waals surface area contributed by atoms with Crippen molar-refractivity contribution in [1.82, 2.24) is 4.57 Å². The van der Waals surface area contributed by atoms with Crippen molar-refractivity contribution in [3.05, 3.63) is 74.5 Å². The molecule has 28 heavy (non-hydrogen) atoms. The van der Waals surface area contributed by atoms with Crippen molar-refractivity contribution >= 4 is 34.1 Å². The number of amides is 1. The van der Waals surface area contributed by atoms with Crippen LogP contribution in [0.5, 0.6) is 0 Å². The second-order valence-corrected chi connectivity index (χ2v) is 6.93. The summed E-state index contributed by atoms with van der Waals surface area (Å²) < 4.78 is 40.2. The number of alkyl halides is 3. The maximum Gasteiger partial charge on any atom is 0.416 e. The van der Waals surface area contributed by atoms with Crippen LogP contribution in [-0.2, 0) is 17.5 Å². The van der Waals surface area contributed by atoms with E-state index in [9.17, 15) is 22.8 Å². The Kier molecular flexibility index (Phi) is 5.21. The van der Waals surface area contributed by atoms with E-state index >= 15 is 0 Å². The number of carbonyl (C=O) groups excluding carboxylic acids is 1. The lowest BCUT2D eigenvalue weighted by Crippen LogP contribution is -2.21. The first-order valence-corrected chi connectivity index (χ1v) is 8.71. The molecule has 0 saturated heterocycles. The number of aryl methyl sites for hydroxylation is 2. The zero-order valence-corrected chi connectivity index (χ0v) is 15.8. The molecule has 0 radical (unpaired) electrons. The monoisotopic (exact) mass is 408 g/mol. The van der Waals surface area contributed by atoms with E-state index in [0.29, 0.717) is 10.9 Å². The van der Waals surface area contributed by atoms with Crippen molar-refractivity contribution in [3.63, 3.8) is 0 Å². The fraction of sp³-hybridized carbons (Fsp3) is 0.200. The molecule has 1 amide bonds. The number of nitrogens with one attached hydrogen (secondary N) is 1. The number of nitrogens with zero attached hydrogens (tertiary/aromatic N) is 1. The largest absolute Gasteiger partial charge is 0.416 e. The standard InChI is InChI=1S/C20H16ClF3N2O2/c1-11-7-12(2)19-16(8-11)26(6-5-17(19)27)10-18(28)25-15-9-13(20(22,23)24)3-4-14(15)21/h3-9H,10H2,1-2H3,(H,25,28).